The highest BCUT2D eigenvalue weighted by Crippen LogP contribution is 2.34. The second-order valence-electron chi connectivity index (χ2n) is 8.21. The van der Waals surface area contributed by atoms with E-state index in [-0.39, 0.29) is 9.92 Å². The molecule has 1 aromatic heterocycles. The Bertz CT molecular complexity index is 1260. The molecule has 2 heterocycles. The first-order valence-corrected chi connectivity index (χ1v) is 13.4. The van der Waals surface area contributed by atoms with Gasteiger partial charge in [-0.25, -0.2) is 13.4 Å². The fourth-order valence-corrected chi connectivity index (χ4v) is 7.29. The minimum absolute atomic E-state index is 0.108. The lowest BCUT2D eigenvalue weighted by Gasteiger charge is -2.34. The predicted octanol–water partition coefficient (Wildman–Crippen LogP) is 5.86. The molecule has 1 fully saturated rings. The fraction of sp³-hybridized carbons (Fsp3) is 0.348. The Morgan fingerprint density at radius 2 is 1.50 bits per heavy atom. The third-order valence-corrected chi connectivity index (χ3v) is 9.44. The summed E-state index contributed by atoms with van der Waals surface area (Å²) in [7, 11) is -3.69. The van der Waals surface area contributed by atoms with E-state index in [1.165, 1.54) is 32.6 Å². The molecule has 0 spiro atoms. The third kappa shape index (κ3) is 4.41. The number of rotatable bonds is 4. The average Bonchev–Trinajstić information content (AvgIpc) is 3.19. The summed E-state index contributed by atoms with van der Waals surface area (Å²) in [6.07, 6.45) is 0. The molecule has 170 valence electrons. The number of nitrogens with zero attached hydrogens (tertiary/aromatic N) is 3. The van der Waals surface area contributed by atoms with Crippen molar-refractivity contribution in [2.24, 2.45) is 0 Å². The molecule has 0 radical (unpaired) electrons. The van der Waals surface area contributed by atoms with Gasteiger partial charge in [0.1, 0.15) is 4.90 Å². The van der Waals surface area contributed by atoms with Crippen molar-refractivity contribution in [1.29, 1.82) is 0 Å². The van der Waals surface area contributed by atoms with Crippen molar-refractivity contribution in [3.63, 3.8) is 0 Å². The number of hydrogen-bond acceptors (Lipinski definition) is 5. The average molecular weight is 511 g/mol. The van der Waals surface area contributed by atoms with Crippen LogP contribution in [0.4, 0.5) is 5.13 Å². The van der Waals surface area contributed by atoms with Crippen molar-refractivity contribution in [2.45, 2.75) is 32.6 Å². The number of halogens is 2. The van der Waals surface area contributed by atoms with Crippen molar-refractivity contribution in [1.82, 2.24) is 9.29 Å². The largest absolute Gasteiger partial charge is 0.345 e. The van der Waals surface area contributed by atoms with Crippen molar-refractivity contribution in [2.75, 3.05) is 31.1 Å². The normalized spacial score (nSPS) is 15.4. The highest BCUT2D eigenvalue weighted by atomic mass is 35.5. The molecule has 0 bridgehead atoms. The summed E-state index contributed by atoms with van der Waals surface area (Å²) < 4.78 is 27.8. The molecular formula is C23H25Cl2N3O2S2. The van der Waals surface area contributed by atoms with Gasteiger partial charge in [-0.15, -0.1) is 11.3 Å². The van der Waals surface area contributed by atoms with Gasteiger partial charge < -0.3 is 4.90 Å². The van der Waals surface area contributed by atoms with E-state index >= 15 is 0 Å². The molecule has 1 aliphatic heterocycles. The maximum atomic E-state index is 13.2. The molecule has 2 aromatic carbocycles. The molecule has 0 saturated carbocycles. The molecule has 0 aliphatic carbocycles. The first kappa shape index (κ1) is 23.5. The molecule has 0 amide bonds. The Hall–Kier alpha value is -1.64. The van der Waals surface area contributed by atoms with Gasteiger partial charge in [0, 0.05) is 42.1 Å². The zero-order chi connectivity index (χ0) is 23.2. The second kappa shape index (κ2) is 8.95. The SMILES string of the molecule is Cc1cc(C)c(-c2csc(N3CCN(S(=O)(=O)c4cc(C)c(Cl)cc4Cl)CC3)n2)c(C)c1. The zero-order valence-electron chi connectivity index (χ0n) is 18.4. The van der Waals surface area contributed by atoms with E-state index in [1.807, 2.05) is 0 Å². The lowest BCUT2D eigenvalue weighted by atomic mass is 9.98. The summed E-state index contributed by atoms with van der Waals surface area (Å²) in [5, 5.41) is 3.60. The van der Waals surface area contributed by atoms with Crippen LogP contribution in [-0.2, 0) is 10.0 Å². The van der Waals surface area contributed by atoms with Crippen LogP contribution in [-0.4, -0.2) is 43.9 Å². The van der Waals surface area contributed by atoms with Crippen LogP contribution in [0.2, 0.25) is 10.0 Å². The molecule has 0 unspecified atom stereocenters. The van der Waals surface area contributed by atoms with E-state index in [0.29, 0.717) is 36.8 Å². The van der Waals surface area contributed by atoms with Gasteiger partial charge >= 0.3 is 0 Å². The number of piperazine rings is 1. The van der Waals surface area contributed by atoms with Gasteiger partial charge in [-0.3, -0.25) is 0 Å². The molecular weight excluding hydrogens is 485 g/mol. The number of aromatic nitrogens is 1. The number of sulfonamides is 1. The van der Waals surface area contributed by atoms with Gasteiger partial charge in [-0.1, -0.05) is 40.9 Å². The summed E-state index contributed by atoms with van der Waals surface area (Å²) in [6, 6.07) is 7.39. The smallest absolute Gasteiger partial charge is 0.244 e. The summed E-state index contributed by atoms with van der Waals surface area (Å²) >= 11 is 13.9. The summed E-state index contributed by atoms with van der Waals surface area (Å²) in [5.41, 5.74) is 6.50. The van der Waals surface area contributed by atoms with Crippen LogP contribution in [0.1, 0.15) is 22.3 Å². The van der Waals surface area contributed by atoms with Gasteiger partial charge in [0.15, 0.2) is 5.13 Å². The second-order valence-corrected chi connectivity index (χ2v) is 11.8. The van der Waals surface area contributed by atoms with Gasteiger partial charge in [0.25, 0.3) is 0 Å². The Labute approximate surface area is 203 Å². The van der Waals surface area contributed by atoms with Crippen LogP contribution in [0.15, 0.2) is 34.5 Å². The minimum atomic E-state index is -3.69. The maximum Gasteiger partial charge on any atom is 0.244 e. The van der Waals surface area contributed by atoms with Crippen LogP contribution in [0.5, 0.6) is 0 Å². The highest BCUT2D eigenvalue weighted by molar-refractivity contribution is 7.89. The maximum absolute atomic E-state index is 13.2. The molecule has 32 heavy (non-hydrogen) atoms. The van der Waals surface area contributed by atoms with Gasteiger partial charge in [-0.05, 0) is 56.5 Å². The van der Waals surface area contributed by atoms with E-state index in [9.17, 15) is 8.42 Å². The Morgan fingerprint density at radius 3 is 2.12 bits per heavy atom. The number of thiazole rings is 1. The molecule has 3 aromatic rings. The summed E-state index contributed by atoms with van der Waals surface area (Å²) in [4.78, 5) is 7.13. The van der Waals surface area contributed by atoms with Crippen LogP contribution in [0.3, 0.4) is 0 Å². The number of hydrogen-bond donors (Lipinski definition) is 0. The molecule has 9 heteroatoms. The molecule has 0 N–H and O–H groups in total. The van der Waals surface area contributed by atoms with Crippen LogP contribution >= 0.6 is 34.5 Å². The molecule has 5 nitrogen and oxygen atoms in total. The van der Waals surface area contributed by atoms with E-state index in [2.05, 4.69) is 43.2 Å². The number of benzene rings is 2. The zero-order valence-corrected chi connectivity index (χ0v) is 21.6. The Balaban J connectivity index is 1.51. The first-order chi connectivity index (χ1) is 15.1. The van der Waals surface area contributed by atoms with Gasteiger partial charge in [0.2, 0.25) is 10.0 Å². The third-order valence-electron chi connectivity index (χ3n) is 5.77. The highest BCUT2D eigenvalue weighted by Gasteiger charge is 2.31. The van der Waals surface area contributed by atoms with Crippen LogP contribution < -0.4 is 4.90 Å². The Morgan fingerprint density at radius 1 is 0.875 bits per heavy atom. The predicted molar refractivity (Wildman–Crippen MR) is 134 cm³/mol. The van der Waals surface area contributed by atoms with Crippen LogP contribution in [0, 0.1) is 27.7 Å². The van der Waals surface area contributed by atoms with E-state index in [4.69, 9.17) is 28.2 Å². The van der Waals surface area contributed by atoms with E-state index < -0.39 is 10.0 Å². The van der Waals surface area contributed by atoms with Crippen molar-refractivity contribution in [3.8, 4) is 11.3 Å². The number of aryl methyl sites for hydroxylation is 4. The van der Waals surface area contributed by atoms with Crippen LogP contribution in [0.25, 0.3) is 11.3 Å². The number of anilines is 1. The standard InChI is InChI=1S/C23H25Cl2N3O2S2/c1-14-9-16(3)22(17(4)10-14)20-13-31-23(26-20)27-5-7-28(8-6-27)32(29,30)21-11-15(2)18(24)12-19(21)25/h9-13H,5-8H2,1-4H3. The quantitative estimate of drug-likeness (QED) is 0.441. The topological polar surface area (TPSA) is 53.5 Å². The van der Waals surface area contributed by atoms with E-state index in [1.54, 1.807) is 24.3 Å². The van der Waals surface area contributed by atoms with Crippen molar-refractivity contribution >= 4 is 49.7 Å². The lowest BCUT2D eigenvalue weighted by molar-refractivity contribution is 0.385. The molecule has 1 aliphatic rings. The summed E-state index contributed by atoms with van der Waals surface area (Å²) in [5.74, 6) is 0. The molecule has 0 atom stereocenters. The molecule has 4 rings (SSSR count). The fourth-order valence-electron chi connectivity index (χ4n) is 4.20. The van der Waals surface area contributed by atoms with Crippen molar-refractivity contribution in [3.05, 3.63) is 61.9 Å². The Kier molecular flexibility index (Phi) is 6.58. The molecule has 1 saturated heterocycles. The monoisotopic (exact) mass is 509 g/mol. The van der Waals surface area contributed by atoms with Gasteiger partial charge in [-0.2, -0.15) is 4.31 Å². The summed E-state index contributed by atoms with van der Waals surface area (Å²) in [6.45, 7) is 9.98. The lowest BCUT2D eigenvalue weighted by Crippen LogP contribution is -2.48. The van der Waals surface area contributed by atoms with E-state index in [0.717, 1.165) is 10.8 Å². The van der Waals surface area contributed by atoms with Gasteiger partial charge in [0.05, 0.1) is 10.7 Å². The minimum Gasteiger partial charge on any atom is -0.345 e. The van der Waals surface area contributed by atoms with Crippen molar-refractivity contribution < 1.29 is 8.42 Å². The first-order valence-electron chi connectivity index (χ1n) is 10.3.